The predicted molar refractivity (Wildman–Crippen MR) is 146 cm³/mol. The number of hydrazine groups is 1. The molecule has 0 aliphatic heterocycles. The molecule has 192 valence electrons. The van der Waals surface area contributed by atoms with Crippen molar-refractivity contribution >= 4 is 47.0 Å². The first-order valence-corrected chi connectivity index (χ1v) is 12.5. The molecule has 2 aromatic carbocycles. The van der Waals surface area contributed by atoms with Gasteiger partial charge in [0.25, 0.3) is 11.8 Å². The van der Waals surface area contributed by atoms with Crippen LogP contribution in [-0.2, 0) is 0 Å². The minimum Gasteiger partial charge on any atom is -0.507 e. The third-order valence-corrected chi connectivity index (χ3v) is 6.21. The number of nitrogens with one attached hydrogen (secondary N) is 2. The number of para-hydroxylation sites is 2. The molecule has 0 saturated carbocycles. The second-order valence-corrected chi connectivity index (χ2v) is 9.53. The van der Waals surface area contributed by atoms with Crippen LogP contribution in [0, 0.1) is 13.8 Å². The third kappa shape index (κ3) is 9.68. The summed E-state index contributed by atoms with van der Waals surface area (Å²) in [5.41, 5.74) is 6.58. The third-order valence-electron chi connectivity index (χ3n) is 4.49. The first-order chi connectivity index (χ1) is 17.7. The van der Waals surface area contributed by atoms with E-state index in [0.29, 0.717) is 28.5 Å². The maximum Gasteiger partial charge on any atom is 0.272 e. The number of nitrogen functional groups attached to an aromatic ring is 1. The molecule has 2 amide bonds. The van der Waals surface area contributed by atoms with Crippen molar-refractivity contribution in [3.05, 3.63) is 103 Å². The van der Waals surface area contributed by atoms with Gasteiger partial charge in [-0.05, 0) is 50.2 Å². The van der Waals surface area contributed by atoms with E-state index < -0.39 is 0 Å². The second-order valence-electron chi connectivity index (χ2n) is 7.30. The Hall–Kier alpha value is -4.32. The average Bonchev–Trinajstić information content (AvgIpc) is 3.54. The molecule has 2 heterocycles. The van der Waals surface area contributed by atoms with E-state index in [-0.39, 0.29) is 23.3 Å². The number of rotatable bonds is 5. The van der Waals surface area contributed by atoms with Crippen LogP contribution in [0.5, 0.6) is 11.5 Å². The molecule has 4 rings (SSSR count). The van der Waals surface area contributed by atoms with E-state index in [0.717, 1.165) is 9.75 Å². The van der Waals surface area contributed by atoms with Crippen molar-refractivity contribution in [2.24, 2.45) is 10.9 Å². The fourth-order valence-corrected chi connectivity index (χ4v) is 3.98. The molecule has 0 bridgehead atoms. The van der Waals surface area contributed by atoms with E-state index in [1.807, 2.05) is 13.8 Å². The van der Waals surface area contributed by atoms with E-state index >= 15 is 0 Å². The number of nitrogens with two attached hydrogens (primary N) is 1. The summed E-state index contributed by atoms with van der Waals surface area (Å²) in [6, 6.07) is 16.8. The molecule has 0 unspecified atom stereocenters. The van der Waals surface area contributed by atoms with Crippen LogP contribution in [0.1, 0.15) is 46.4 Å². The van der Waals surface area contributed by atoms with Crippen LogP contribution in [0.15, 0.2) is 76.5 Å². The predicted octanol–water partition coefficient (Wildman–Crippen LogP) is 4.39. The molecule has 9 nitrogen and oxygen atoms in total. The Bertz CT molecular complexity index is 1360. The first-order valence-electron chi connectivity index (χ1n) is 10.7. The zero-order chi connectivity index (χ0) is 27.2. The van der Waals surface area contributed by atoms with E-state index in [4.69, 9.17) is 10.9 Å². The largest absolute Gasteiger partial charge is 0.507 e. The van der Waals surface area contributed by atoms with Crippen LogP contribution >= 0.6 is 22.7 Å². The summed E-state index contributed by atoms with van der Waals surface area (Å²) in [6.07, 6.45) is 2.03. The van der Waals surface area contributed by atoms with Gasteiger partial charge in [-0.3, -0.25) is 19.8 Å². The highest BCUT2D eigenvalue weighted by Crippen LogP contribution is 2.14. The summed E-state index contributed by atoms with van der Waals surface area (Å²) >= 11 is 3.04. The number of nitrogens with zero attached hydrogens (tertiary/aromatic N) is 1. The topological polar surface area (TPSA) is 154 Å². The molecule has 11 heteroatoms. The SMILES string of the molecule is Cc1cc(C(=O)N/N=C/c2ccccc2O)cs1.Cc1cc(C(=O)NN)cs1.O=Cc1ccccc1O. The van der Waals surface area contributed by atoms with Crippen molar-refractivity contribution in [2.45, 2.75) is 13.8 Å². The molecular formula is C26H26N4O5S2. The molecule has 37 heavy (non-hydrogen) atoms. The smallest absolute Gasteiger partial charge is 0.272 e. The fourth-order valence-electron chi connectivity index (χ4n) is 2.62. The minimum atomic E-state index is -0.258. The lowest BCUT2D eigenvalue weighted by Crippen LogP contribution is -2.29. The quantitative estimate of drug-likeness (QED) is 0.0835. The molecule has 4 aromatic rings. The number of carbonyl (C=O) groups excluding carboxylic acids is 3. The number of benzene rings is 2. The highest BCUT2D eigenvalue weighted by Gasteiger charge is 2.06. The van der Waals surface area contributed by atoms with Crippen LogP contribution in [0.4, 0.5) is 0 Å². The highest BCUT2D eigenvalue weighted by atomic mass is 32.1. The lowest BCUT2D eigenvalue weighted by Gasteiger charge is -1.98. The van der Waals surface area contributed by atoms with Crippen molar-refractivity contribution < 1.29 is 24.6 Å². The maximum atomic E-state index is 11.7. The zero-order valence-corrected chi connectivity index (χ0v) is 21.7. The van der Waals surface area contributed by atoms with Crippen molar-refractivity contribution in [1.82, 2.24) is 10.9 Å². The monoisotopic (exact) mass is 538 g/mol. The van der Waals surface area contributed by atoms with Gasteiger partial charge in [-0.15, -0.1) is 22.7 Å². The summed E-state index contributed by atoms with van der Waals surface area (Å²) in [7, 11) is 0. The summed E-state index contributed by atoms with van der Waals surface area (Å²) in [5, 5.41) is 25.7. The number of aldehydes is 1. The van der Waals surface area contributed by atoms with Gasteiger partial charge in [0.15, 0.2) is 6.29 Å². The number of hydrogen-bond donors (Lipinski definition) is 5. The van der Waals surface area contributed by atoms with Crippen LogP contribution in [0.3, 0.4) is 0 Å². The molecule has 0 atom stereocenters. The average molecular weight is 539 g/mol. The highest BCUT2D eigenvalue weighted by molar-refractivity contribution is 7.10. The number of hydrogen-bond acceptors (Lipinski definition) is 9. The number of hydrazone groups is 1. The van der Waals surface area contributed by atoms with E-state index in [1.165, 1.54) is 35.0 Å². The summed E-state index contributed by atoms with van der Waals surface area (Å²) in [6.45, 7) is 3.88. The number of thiophene rings is 2. The van der Waals surface area contributed by atoms with Crippen molar-refractivity contribution in [1.29, 1.82) is 0 Å². The molecule has 0 saturated heterocycles. The minimum absolute atomic E-state index is 0.0347. The Morgan fingerprint density at radius 2 is 1.32 bits per heavy atom. The molecular weight excluding hydrogens is 512 g/mol. The molecule has 0 spiro atoms. The molecule has 6 N–H and O–H groups in total. The van der Waals surface area contributed by atoms with E-state index in [9.17, 15) is 19.5 Å². The maximum absolute atomic E-state index is 11.7. The Kier molecular flexibility index (Phi) is 11.7. The van der Waals surface area contributed by atoms with Crippen molar-refractivity contribution in [3.63, 3.8) is 0 Å². The van der Waals surface area contributed by atoms with E-state index in [1.54, 1.807) is 65.4 Å². The van der Waals surface area contributed by atoms with E-state index in [2.05, 4.69) is 16.0 Å². The zero-order valence-electron chi connectivity index (χ0n) is 20.0. The Morgan fingerprint density at radius 1 is 0.838 bits per heavy atom. The number of phenols is 2. The van der Waals surface area contributed by atoms with Gasteiger partial charge in [-0.1, -0.05) is 24.3 Å². The van der Waals surface area contributed by atoms with Crippen LogP contribution in [0.2, 0.25) is 0 Å². The number of carbonyl (C=O) groups is 3. The second kappa shape index (κ2) is 14.9. The number of aryl methyl sites for hydroxylation is 2. The van der Waals surface area contributed by atoms with Gasteiger partial charge < -0.3 is 10.2 Å². The number of aromatic hydroxyl groups is 2. The van der Waals surface area contributed by atoms with Gasteiger partial charge in [0, 0.05) is 26.1 Å². The van der Waals surface area contributed by atoms with Crippen molar-refractivity contribution in [2.75, 3.05) is 0 Å². The lowest BCUT2D eigenvalue weighted by molar-refractivity contribution is 0.0947. The Balaban J connectivity index is 0.000000214. The molecule has 2 aromatic heterocycles. The summed E-state index contributed by atoms with van der Waals surface area (Å²) < 4.78 is 0. The first kappa shape index (κ1) is 28.9. The van der Waals surface area contributed by atoms with Crippen molar-refractivity contribution in [3.8, 4) is 11.5 Å². The Labute approximate surface area is 221 Å². The Morgan fingerprint density at radius 3 is 1.73 bits per heavy atom. The molecule has 0 fully saturated rings. The van der Waals surface area contributed by atoms with Gasteiger partial charge in [0.05, 0.1) is 22.9 Å². The van der Waals surface area contributed by atoms with Crippen LogP contribution in [0.25, 0.3) is 0 Å². The summed E-state index contributed by atoms with van der Waals surface area (Å²) in [4.78, 5) is 34.7. The van der Waals surface area contributed by atoms with Crippen LogP contribution < -0.4 is 16.7 Å². The number of phenolic OH excluding ortho intramolecular Hbond substituents is 2. The summed E-state index contributed by atoms with van der Waals surface area (Å²) in [5.74, 6) is 4.59. The molecule has 0 aliphatic rings. The van der Waals surface area contributed by atoms with Crippen LogP contribution in [-0.4, -0.2) is 34.5 Å². The molecule has 0 aliphatic carbocycles. The molecule has 0 radical (unpaired) electrons. The van der Waals surface area contributed by atoms with Gasteiger partial charge in [-0.25, -0.2) is 11.3 Å². The van der Waals surface area contributed by atoms with Gasteiger partial charge in [0.2, 0.25) is 0 Å². The van der Waals surface area contributed by atoms with Gasteiger partial charge in [0.1, 0.15) is 11.5 Å². The lowest BCUT2D eigenvalue weighted by atomic mass is 10.2. The number of amides is 2. The van der Waals surface area contributed by atoms with Gasteiger partial charge >= 0.3 is 0 Å². The standard InChI is InChI=1S/C13H12N2O2S.C7H6O2.C6H8N2OS/c1-9-6-11(8-18-9)13(17)15-14-7-10-4-2-3-5-12(10)16;8-5-6-3-1-2-4-7(6)9;1-4-2-5(3-10-4)6(9)8-7/h2-8,16H,1H3,(H,15,17);1-5,9H;2-3H,7H2,1H3,(H,8,9)/b14-7+;;. The van der Waals surface area contributed by atoms with Gasteiger partial charge in [-0.2, -0.15) is 5.10 Å². The normalized spacial score (nSPS) is 9.92. The fraction of sp³-hybridized carbons (Fsp3) is 0.0769.